The van der Waals surface area contributed by atoms with E-state index in [0.29, 0.717) is 6.42 Å². The van der Waals surface area contributed by atoms with E-state index in [0.717, 1.165) is 10.4 Å². The van der Waals surface area contributed by atoms with Gasteiger partial charge in [-0.3, -0.25) is 4.79 Å². The maximum Gasteiger partial charge on any atom is 0.225 e. The highest BCUT2D eigenvalue weighted by Crippen LogP contribution is 2.20. The molecule has 0 aliphatic carbocycles. The van der Waals surface area contributed by atoms with Gasteiger partial charge >= 0.3 is 0 Å². The normalized spacial score (nSPS) is 12.2. The fourth-order valence-electron chi connectivity index (χ4n) is 2.42. The van der Waals surface area contributed by atoms with Crippen LogP contribution in [0.4, 0.5) is 0 Å². The Balaban J connectivity index is 1.71. The Morgan fingerprint density at radius 2 is 1.90 bits per heavy atom. The van der Waals surface area contributed by atoms with E-state index in [1.54, 1.807) is 11.3 Å². The zero-order chi connectivity index (χ0) is 14.7. The molecule has 1 amide bonds. The van der Waals surface area contributed by atoms with Crippen LogP contribution in [0.5, 0.6) is 0 Å². The number of amides is 1. The number of carbonyl (C=O) groups excluding carboxylic acids is 1. The SMILES string of the molecule is CC(NC(=O)Cc1cccs1)c1ccc2ccccc2c1. The number of hydrogen-bond acceptors (Lipinski definition) is 2. The monoisotopic (exact) mass is 295 g/mol. The minimum Gasteiger partial charge on any atom is -0.349 e. The van der Waals surface area contributed by atoms with Gasteiger partial charge in [0.05, 0.1) is 12.5 Å². The summed E-state index contributed by atoms with van der Waals surface area (Å²) in [5.74, 6) is 0.0677. The molecular formula is C18H17NOS. The van der Waals surface area contributed by atoms with Gasteiger partial charge in [-0.05, 0) is 40.8 Å². The molecule has 1 unspecified atom stereocenters. The molecule has 106 valence electrons. The van der Waals surface area contributed by atoms with E-state index >= 15 is 0 Å². The number of nitrogens with one attached hydrogen (secondary N) is 1. The van der Waals surface area contributed by atoms with Crippen molar-refractivity contribution in [2.75, 3.05) is 0 Å². The minimum atomic E-state index is 0.0158. The third kappa shape index (κ3) is 3.31. The van der Waals surface area contributed by atoms with E-state index in [9.17, 15) is 4.79 Å². The second-order valence-electron chi connectivity index (χ2n) is 5.15. The highest BCUT2D eigenvalue weighted by molar-refractivity contribution is 7.10. The molecule has 1 N–H and O–H groups in total. The van der Waals surface area contributed by atoms with Crippen LogP contribution in [-0.4, -0.2) is 5.91 Å². The van der Waals surface area contributed by atoms with Gasteiger partial charge in [0.15, 0.2) is 0 Å². The lowest BCUT2D eigenvalue weighted by Crippen LogP contribution is -2.27. The van der Waals surface area contributed by atoms with Crippen molar-refractivity contribution >= 4 is 28.0 Å². The Morgan fingerprint density at radius 3 is 2.67 bits per heavy atom. The van der Waals surface area contributed by atoms with Crippen LogP contribution in [0.15, 0.2) is 60.0 Å². The molecular weight excluding hydrogens is 278 g/mol. The van der Waals surface area contributed by atoms with Crippen LogP contribution in [0, 0.1) is 0 Å². The summed E-state index contributed by atoms with van der Waals surface area (Å²) in [7, 11) is 0. The molecule has 0 bridgehead atoms. The first-order chi connectivity index (χ1) is 10.2. The van der Waals surface area contributed by atoms with E-state index in [2.05, 4.69) is 35.6 Å². The topological polar surface area (TPSA) is 29.1 Å². The first-order valence-electron chi connectivity index (χ1n) is 7.03. The number of rotatable bonds is 4. The number of thiophene rings is 1. The van der Waals surface area contributed by atoms with Crippen molar-refractivity contribution in [2.45, 2.75) is 19.4 Å². The van der Waals surface area contributed by atoms with Gasteiger partial charge in [0.25, 0.3) is 0 Å². The van der Waals surface area contributed by atoms with Gasteiger partial charge in [-0.1, -0.05) is 42.5 Å². The van der Waals surface area contributed by atoms with Crippen LogP contribution < -0.4 is 5.32 Å². The molecule has 3 heteroatoms. The molecule has 3 aromatic rings. The molecule has 21 heavy (non-hydrogen) atoms. The average molecular weight is 295 g/mol. The second-order valence-corrected chi connectivity index (χ2v) is 6.18. The molecule has 0 saturated heterocycles. The summed E-state index contributed by atoms with van der Waals surface area (Å²) in [6.45, 7) is 2.02. The summed E-state index contributed by atoms with van der Waals surface area (Å²) >= 11 is 1.62. The summed E-state index contributed by atoms with van der Waals surface area (Å²) in [5, 5.41) is 7.49. The fourth-order valence-corrected chi connectivity index (χ4v) is 3.13. The van der Waals surface area contributed by atoms with Crippen LogP contribution in [0.3, 0.4) is 0 Å². The Bertz CT molecular complexity index is 749. The number of benzene rings is 2. The lowest BCUT2D eigenvalue weighted by molar-refractivity contribution is -0.121. The molecule has 0 spiro atoms. The zero-order valence-corrected chi connectivity index (χ0v) is 12.7. The Morgan fingerprint density at radius 1 is 1.10 bits per heavy atom. The molecule has 2 aromatic carbocycles. The molecule has 0 aliphatic rings. The highest BCUT2D eigenvalue weighted by atomic mass is 32.1. The maximum atomic E-state index is 12.1. The largest absolute Gasteiger partial charge is 0.349 e. The van der Waals surface area contributed by atoms with Crippen molar-refractivity contribution in [3.8, 4) is 0 Å². The summed E-state index contributed by atoms with van der Waals surface area (Å²) in [4.78, 5) is 13.1. The third-order valence-electron chi connectivity index (χ3n) is 3.57. The Kier molecular flexibility index (Phi) is 4.02. The number of fused-ring (bicyclic) bond motifs is 1. The van der Waals surface area contributed by atoms with E-state index < -0.39 is 0 Å². The first-order valence-corrected chi connectivity index (χ1v) is 7.91. The van der Waals surface area contributed by atoms with Crippen LogP contribution in [0.2, 0.25) is 0 Å². The lowest BCUT2D eigenvalue weighted by atomic mass is 10.0. The van der Waals surface area contributed by atoms with Gasteiger partial charge in [-0.25, -0.2) is 0 Å². The summed E-state index contributed by atoms with van der Waals surface area (Å²) < 4.78 is 0. The third-order valence-corrected chi connectivity index (χ3v) is 4.44. The molecule has 0 fully saturated rings. The van der Waals surface area contributed by atoms with Gasteiger partial charge in [0.2, 0.25) is 5.91 Å². The molecule has 0 radical (unpaired) electrons. The van der Waals surface area contributed by atoms with Crippen LogP contribution >= 0.6 is 11.3 Å². The van der Waals surface area contributed by atoms with Gasteiger partial charge in [0, 0.05) is 4.88 Å². The van der Waals surface area contributed by atoms with E-state index in [-0.39, 0.29) is 11.9 Å². The van der Waals surface area contributed by atoms with E-state index in [4.69, 9.17) is 0 Å². The average Bonchev–Trinajstić information content (AvgIpc) is 2.99. The molecule has 0 aliphatic heterocycles. The molecule has 3 rings (SSSR count). The lowest BCUT2D eigenvalue weighted by Gasteiger charge is -2.15. The molecule has 1 aromatic heterocycles. The van der Waals surface area contributed by atoms with Gasteiger partial charge in [-0.2, -0.15) is 0 Å². The van der Waals surface area contributed by atoms with Gasteiger partial charge in [0.1, 0.15) is 0 Å². The van der Waals surface area contributed by atoms with E-state index in [1.807, 2.05) is 36.6 Å². The number of hydrogen-bond donors (Lipinski definition) is 1. The molecule has 2 nitrogen and oxygen atoms in total. The van der Waals surface area contributed by atoms with Crippen LogP contribution in [0.1, 0.15) is 23.4 Å². The van der Waals surface area contributed by atoms with Gasteiger partial charge < -0.3 is 5.32 Å². The Hall–Kier alpha value is -2.13. The van der Waals surface area contributed by atoms with Crippen molar-refractivity contribution in [1.82, 2.24) is 5.32 Å². The first kappa shape index (κ1) is 13.8. The van der Waals surface area contributed by atoms with Crippen LogP contribution in [-0.2, 0) is 11.2 Å². The number of carbonyl (C=O) groups is 1. The fraction of sp³-hybridized carbons (Fsp3) is 0.167. The quantitative estimate of drug-likeness (QED) is 0.763. The Labute approximate surface area is 128 Å². The maximum absolute atomic E-state index is 12.1. The zero-order valence-electron chi connectivity index (χ0n) is 11.9. The standard InChI is InChI=1S/C18H17NOS/c1-13(19-18(20)12-17-7-4-10-21-17)15-9-8-14-5-2-3-6-16(14)11-15/h2-11,13H,12H2,1H3,(H,19,20). The summed E-state index contributed by atoms with van der Waals surface area (Å²) in [5.41, 5.74) is 1.13. The smallest absolute Gasteiger partial charge is 0.225 e. The van der Waals surface area contributed by atoms with Crippen molar-refractivity contribution < 1.29 is 4.79 Å². The van der Waals surface area contributed by atoms with Crippen molar-refractivity contribution in [2.24, 2.45) is 0 Å². The van der Waals surface area contributed by atoms with E-state index in [1.165, 1.54) is 10.8 Å². The van der Waals surface area contributed by atoms with Crippen molar-refractivity contribution in [3.05, 3.63) is 70.4 Å². The van der Waals surface area contributed by atoms with Crippen LogP contribution in [0.25, 0.3) is 10.8 Å². The minimum absolute atomic E-state index is 0.0158. The van der Waals surface area contributed by atoms with Crippen molar-refractivity contribution in [3.63, 3.8) is 0 Å². The highest BCUT2D eigenvalue weighted by Gasteiger charge is 2.11. The predicted molar refractivity (Wildman–Crippen MR) is 88.5 cm³/mol. The van der Waals surface area contributed by atoms with Crippen molar-refractivity contribution in [1.29, 1.82) is 0 Å². The summed E-state index contributed by atoms with van der Waals surface area (Å²) in [6.07, 6.45) is 0.454. The second kappa shape index (κ2) is 6.10. The molecule has 0 saturated carbocycles. The summed E-state index contributed by atoms with van der Waals surface area (Å²) in [6, 6.07) is 18.6. The molecule has 1 atom stereocenters. The predicted octanol–water partition coefficient (Wildman–Crippen LogP) is 4.32. The van der Waals surface area contributed by atoms with Gasteiger partial charge in [-0.15, -0.1) is 11.3 Å². The molecule has 1 heterocycles.